The van der Waals surface area contributed by atoms with E-state index in [1.54, 1.807) is 20.8 Å². The van der Waals surface area contributed by atoms with E-state index in [4.69, 9.17) is 4.74 Å². The van der Waals surface area contributed by atoms with Gasteiger partial charge in [0.2, 0.25) is 0 Å². The molecule has 0 aliphatic carbocycles. The van der Waals surface area contributed by atoms with Gasteiger partial charge in [0, 0.05) is 11.8 Å². The van der Waals surface area contributed by atoms with E-state index in [2.05, 4.69) is 15.9 Å². The van der Waals surface area contributed by atoms with Gasteiger partial charge in [-0.05, 0) is 20.8 Å². The number of amides is 1. The van der Waals surface area contributed by atoms with Crippen LogP contribution in [-0.4, -0.2) is 40.4 Å². The lowest BCUT2D eigenvalue weighted by Crippen LogP contribution is -2.41. The number of likely N-dealkylation sites (tertiary alicyclic amines) is 1. The molecule has 1 fully saturated rings. The summed E-state index contributed by atoms with van der Waals surface area (Å²) in [6, 6.07) is -0.496. The van der Waals surface area contributed by atoms with Crippen LogP contribution in [0.4, 0.5) is 13.6 Å². The Bertz CT molecular complexity index is 278. The van der Waals surface area contributed by atoms with Gasteiger partial charge in [0.1, 0.15) is 5.60 Å². The third kappa shape index (κ3) is 3.57. The van der Waals surface area contributed by atoms with Crippen LogP contribution < -0.4 is 0 Å². The molecule has 0 radical (unpaired) electrons. The van der Waals surface area contributed by atoms with Crippen molar-refractivity contribution >= 4 is 22.0 Å². The van der Waals surface area contributed by atoms with Gasteiger partial charge >= 0.3 is 6.09 Å². The third-order valence-corrected chi connectivity index (χ3v) is 2.93. The van der Waals surface area contributed by atoms with E-state index in [0.29, 0.717) is 5.33 Å². The van der Waals surface area contributed by atoms with Gasteiger partial charge < -0.3 is 4.74 Å². The van der Waals surface area contributed by atoms with Crippen LogP contribution in [0, 0.1) is 0 Å². The standard InChI is InChI=1S/C10H16BrF2NO2/c1-9(2,3)16-8(15)14-6-10(12,13)4-7(14)5-11/h7H,4-6H2,1-3H3. The van der Waals surface area contributed by atoms with Crippen LogP contribution in [-0.2, 0) is 4.74 Å². The summed E-state index contributed by atoms with van der Waals surface area (Å²) >= 11 is 3.13. The maximum atomic E-state index is 13.2. The van der Waals surface area contributed by atoms with E-state index < -0.39 is 30.2 Å². The normalized spacial score (nSPS) is 24.6. The number of nitrogens with zero attached hydrogens (tertiary/aromatic N) is 1. The smallest absolute Gasteiger partial charge is 0.410 e. The molecule has 1 rings (SSSR count). The monoisotopic (exact) mass is 299 g/mol. The fourth-order valence-electron chi connectivity index (χ4n) is 1.57. The second kappa shape index (κ2) is 4.47. The first-order chi connectivity index (χ1) is 7.14. The molecule has 0 N–H and O–H groups in total. The van der Waals surface area contributed by atoms with Crippen molar-refractivity contribution in [2.75, 3.05) is 11.9 Å². The van der Waals surface area contributed by atoms with Crippen molar-refractivity contribution in [3.63, 3.8) is 0 Å². The van der Waals surface area contributed by atoms with Gasteiger partial charge in [0.05, 0.1) is 12.6 Å². The third-order valence-electron chi connectivity index (χ3n) is 2.18. The van der Waals surface area contributed by atoms with Crippen molar-refractivity contribution in [1.29, 1.82) is 0 Å². The maximum Gasteiger partial charge on any atom is 0.410 e. The Morgan fingerprint density at radius 1 is 1.56 bits per heavy atom. The number of ether oxygens (including phenoxy) is 1. The van der Waals surface area contributed by atoms with Crippen LogP contribution in [0.5, 0.6) is 0 Å². The largest absolute Gasteiger partial charge is 0.444 e. The molecule has 0 aromatic rings. The molecular weight excluding hydrogens is 284 g/mol. The molecule has 6 heteroatoms. The van der Waals surface area contributed by atoms with Crippen LogP contribution in [0.15, 0.2) is 0 Å². The van der Waals surface area contributed by atoms with E-state index in [1.165, 1.54) is 0 Å². The highest BCUT2D eigenvalue weighted by Gasteiger charge is 2.47. The Morgan fingerprint density at radius 2 is 2.12 bits per heavy atom. The molecule has 0 bridgehead atoms. The quantitative estimate of drug-likeness (QED) is 0.697. The molecule has 1 atom stereocenters. The molecular formula is C10H16BrF2NO2. The first-order valence-corrected chi connectivity index (χ1v) is 6.20. The summed E-state index contributed by atoms with van der Waals surface area (Å²) in [5.41, 5.74) is -0.661. The number of carbonyl (C=O) groups is 1. The van der Waals surface area contributed by atoms with E-state index in [0.717, 1.165) is 4.90 Å². The Kier molecular flexibility index (Phi) is 3.82. The lowest BCUT2D eigenvalue weighted by Gasteiger charge is -2.27. The van der Waals surface area contributed by atoms with Gasteiger partial charge in [0.15, 0.2) is 0 Å². The van der Waals surface area contributed by atoms with Crippen LogP contribution >= 0.6 is 15.9 Å². The van der Waals surface area contributed by atoms with Gasteiger partial charge in [-0.2, -0.15) is 0 Å². The van der Waals surface area contributed by atoms with Crippen molar-refractivity contribution in [3.05, 3.63) is 0 Å². The number of carbonyl (C=O) groups excluding carboxylic acids is 1. The Labute approximate surface area is 102 Å². The summed E-state index contributed by atoms with van der Waals surface area (Å²) in [5.74, 6) is -2.81. The van der Waals surface area contributed by atoms with E-state index in [-0.39, 0.29) is 6.42 Å². The number of hydrogen-bond donors (Lipinski definition) is 0. The highest BCUT2D eigenvalue weighted by molar-refractivity contribution is 9.09. The van der Waals surface area contributed by atoms with Gasteiger partial charge in [-0.3, -0.25) is 4.90 Å². The number of hydrogen-bond acceptors (Lipinski definition) is 2. The summed E-state index contributed by atoms with van der Waals surface area (Å²) in [6.45, 7) is 4.57. The Hall–Kier alpha value is -0.390. The van der Waals surface area contributed by atoms with Crippen molar-refractivity contribution in [2.24, 2.45) is 0 Å². The second-order valence-electron chi connectivity index (χ2n) is 4.98. The second-order valence-corrected chi connectivity index (χ2v) is 5.62. The Morgan fingerprint density at radius 3 is 2.56 bits per heavy atom. The maximum absolute atomic E-state index is 13.2. The van der Waals surface area contributed by atoms with Gasteiger partial charge in [-0.1, -0.05) is 15.9 Å². The predicted molar refractivity (Wildman–Crippen MR) is 60.1 cm³/mol. The average Bonchev–Trinajstić information content (AvgIpc) is 2.38. The summed E-state index contributed by atoms with van der Waals surface area (Å²) in [5, 5.41) is 0.335. The molecule has 1 amide bonds. The Balaban J connectivity index is 2.69. The van der Waals surface area contributed by atoms with Crippen molar-refractivity contribution in [1.82, 2.24) is 4.90 Å². The number of alkyl halides is 3. The highest BCUT2D eigenvalue weighted by atomic mass is 79.9. The van der Waals surface area contributed by atoms with E-state index in [1.807, 2.05) is 0 Å². The summed E-state index contributed by atoms with van der Waals surface area (Å²) < 4.78 is 31.4. The number of halogens is 3. The topological polar surface area (TPSA) is 29.5 Å². The lowest BCUT2D eigenvalue weighted by atomic mass is 10.2. The first-order valence-electron chi connectivity index (χ1n) is 5.08. The fourth-order valence-corrected chi connectivity index (χ4v) is 2.15. The SMILES string of the molecule is CC(C)(C)OC(=O)N1CC(F)(F)CC1CBr. The summed E-state index contributed by atoms with van der Waals surface area (Å²) in [7, 11) is 0. The highest BCUT2D eigenvalue weighted by Crippen LogP contribution is 2.33. The summed E-state index contributed by atoms with van der Waals surface area (Å²) in [6.07, 6.45) is -0.980. The van der Waals surface area contributed by atoms with Crippen molar-refractivity contribution in [2.45, 2.75) is 44.8 Å². The van der Waals surface area contributed by atoms with Gasteiger partial charge in [-0.25, -0.2) is 13.6 Å². The molecule has 1 unspecified atom stereocenters. The molecule has 1 aliphatic heterocycles. The zero-order chi connectivity index (χ0) is 12.6. The van der Waals surface area contributed by atoms with E-state index >= 15 is 0 Å². The molecule has 16 heavy (non-hydrogen) atoms. The minimum atomic E-state index is -2.81. The predicted octanol–water partition coefficient (Wildman–Crippen LogP) is 3.03. The first kappa shape index (κ1) is 13.7. The lowest BCUT2D eigenvalue weighted by molar-refractivity contribution is -0.00227. The minimum Gasteiger partial charge on any atom is -0.444 e. The molecule has 3 nitrogen and oxygen atoms in total. The van der Waals surface area contributed by atoms with Crippen LogP contribution in [0.3, 0.4) is 0 Å². The minimum absolute atomic E-state index is 0.308. The molecule has 1 aliphatic rings. The zero-order valence-electron chi connectivity index (χ0n) is 9.60. The van der Waals surface area contributed by atoms with Crippen LogP contribution in [0.1, 0.15) is 27.2 Å². The molecule has 0 saturated carbocycles. The fraction of sp³-hybridized carbons (Fsp3) is 0.900. The molecule has 1 heterocycles. The van der Waals surface area contributed by atoms with Crippen LogP contribution in [0.25, 0.3) is 0 Å². The zero-order valence-corrected chi connectivity index (χ0v) is 11.2. The van der Waals surface area contributed by atoms with Gasteiger partial charge in [0.25, 0.3) is 5.92 Å². The molecule has 0 aromatic carbocycles. The molecule has 1 saturated heterocycles. The molecule has 0 spiro atoms. The van der Waals surface area contributed by atoms with Crippen molar-refractivity contribution < 1.29 is 18.3 Å². The van der Waals surface area contributed by atoms with Crippen molar-refractivity contribution in [3.8, 4) is 0 Å². The van der Waals surface area contributed by atoms with Gasteiger partial charge in [-0.15, -0.1) is 0 Å². The molecule has 0 aromatic heterocycles. The average molecular weight is 300 g/mol. The summed E-state index contributed by atoms with van der Waals surface area (Å²) in [4.78, 5) is 12.8. The molecule has 94 valence electrons. The number of rotatable bonds is 1. The van der Waals surface area contributed by atoms with E-state index in [9.17, 15) is 13.6 Å². The van der Waals surface area contributed by atoms with Crippen LogP contribution in [0.2, 0.25) is 0 Å².